The number of H-pyrrole nitrogens is 1. The predicted molar refractivity (Wildman–Crippen MR) is 61.5 cm³/mol. The first kappa shape index (κ1) is 12.3. The van der Waals surface area contributed by atoms with Crippen LogP contribution in [-0.4, -0.2) is 16.8 Å². The molecule has 2 rings (SSSR count). The number of nitrogens with one attached hydrogen (secondary N) is 1. The quantitative estimate of drug-likeness (QED) is 0.884. The van der Waals surface area contributed by atoms with Crippen LogP contribution in [0.2, 0.25) is 0 Å². The van der Waals surface area contributed by atoms with Gasteiger partial charge in [0, 0.05) is 6.07 Å². The molecule has 7 heteroatoms. The fraction of sp³-hybridized carbons (Fsp3) is 0.364. The molecule has 96 valence electrons. The van der Waals surface area contributed by atoms with E-state index in [0.29, 0.717) is 17.4 Å². The summed E-state index contributed by atoms with van der Waals surface area (Å²) in [5.41, 5.74) is -0.785. The van der Waals surface area contributed by atoms with Gasteiger partial charge < -0.3 is 9.15 Å². The van der Waals surface area contributed by atoms with E-state index in [-0.39, 0.29) is 11.6 Å². The van der Waals surface area contributed by atoms with Gasteiger partial charge in [0.2, 0.25) is 18.5 Å². The van der Waals surface area contributed by atoms with Crippen LogP contribution in [0.15, 0.2) is 20.1 Å². The third kappa shape index (κ3) is 2.24. The van der Waals surface area contributed by atoms with Crippen LogP contribution >= 0.6 is 0 Å². The molecule has 0 amide bonds. The van der Waals surface area contributed by atoms with Crippen molar-refractivity contribution >= 4 is 11.1 Å². The van der Waals surface area contributed by atoms with Gasteiger partial charge in [-0.15, -0.1) is 0 Å². The average molecular weight is 254 g/mol. The number of nitrogens with zero attached hydrogens (tertiary/aromatic N) is 1. The molecule has 2 aromatic heterocycles. The molecule has 0 aliphatic carbocycles. The van der Waals surface area contributed by atoms with E-state index in [1.54, 1.807) is 0 Å². The SMILES string of the molecule is CCCc1cc(=O)oc2[nH]c(=O)nc(OCF)c12. The molecule has 2 heterocycles. The van der Waals surface area contributed by atoms with Crippen molar-refractivity contribution in [1.29, 1.82) is 0 Å². The van der Waals surface area contributed by atoms with Gasteiger partial charge in [-0.05, 0) is 12.0 Å². The van der Waals surface area contributed by atoms with Crippen molar-refractivity contribution in [2.75, 3.05) is 6.86 Å². The number of hydrogen-bond acceptors (Lipinski definition) is 5. The minimum atomic E-state index is -1.11. The highest BCUT2D eigenvalue weighted by atomic mass is 19.1. The van der Waals surface area contributed by atoms with E-state index in [2.05, 4.69) is 14.7 Å². The molecular weight excluding hydrogens is 243 g/mol. The van der Waals surface area contributed by atoms with Crippen LogP contribution in [-0.2, 0) is 6.42 Å². The lowest BCUT2D eigenvalue weighted by atomic mass is 10.1. The van der Waals surface area contributed by atoms with E-state index in [1.165, 1.54) is 6.07 Å². The van der Waals surface area contributed by atoms with Crippen molar-refractivity contribution in [3.63, 3.8) is 0 Å². The minimum Gasteiger partial charge on any atom is -0.445 e. The third-order valence-electron chi connectivity index (χ3n) is 2.39. The number of ether oxygens (including phenoxy) is 1. The van der Waals surface area contributed by atoms with Gasteiger partial charge in [-0.1, -0.05) is 13.3 Å². The second-order valence-corrected chi connectivity index (χ2v) is 3.65. The Kier molecular flexibility index (Phi) is 3.40. The van der Waals surface area contributed by atoms with Gasteiger partial charge in [0.15, 0.2) is 0 Å². The Balaban J connectivity index is 2.81. The highest BCUT2D eigenvalue weighted by molar-refractivity contribution is 5.82. The second kappa shape index (κ2) is 4.99. The molecule has 0 saturated carbocycles. The van der Waals surface area contributed by atoms with Crippen LogP contribution in [0.1, 0.15) is 18.9 Å². The van der Waals surface area contributed by atoms with Crippen molar-refractivity contribution in [1.82, 2.24) is 9.97 Å². The Morgan fingerprint density at radius 3 is 2.94 bits per heavy atom. The first-order valence-electron chi connectivity index (χ1n) is 5.41. The summed E-state index contributed by atoms with van der Waals surface area (Å²) in [6.45, 7) is 0.811. The molecule has 0 spiro atoms. The second-order valence-electron chi connectivity index (χ2n) is 3.65. The van der Waals surface area contributed by atoms with Gasteiger partial charge >= 0.3 is 11.3 Å². The highest BCUT2D eigenvalue weighted by Gasteiger charge is 2.14. The first-order chi connectivity index (χ1) is 8.65. The molecular formula is C11H11FN2O4. The van der Waals surface area contributed by atoms with Crippen molar-refractivity contribution in [3.05, 3.63) is 32.5 Å². The zero-order chi connectivity index (χ0) is 13.1. The molecule has 1 N–H and O–H groups in total. The number of hydrogen-bond donors (Lipinski definition) is 1. The van der Waals surface area contributed by atoms with Gasteiger partial charge in [0.1, 0.15) is 5.39 Å². The molecule has 0 aromatic carbocycles. The summed E-state index contributed by atoms with van der Waals surface area (Å²) in [4.78, 5) is 28.4. The van der Waals surface area contributed by atoms with E-state index in [0.717, 1.165) is 6.42 Å². The number of aryl methyl sites for hydroxylation is 1. The number of rotatable bonds is 4. The summed E-state index contributed by atoms with van der Waals surface area (Å²) in [6, 6.07) is 1.29. The summed E-state index contributed by atoms with van der Waals surface area (Å²) in [5, 5.41) is 0.328. The summed E-state index contributed by atoms with van der Waals surface area (Å²) in [7, 11) is 0. The number of halogens is 1. The topological polar surface area (TPSA) is 85.2 Å². The fourth-order valence-corrected chi connectivity index (χ4v) is 1.76. The molecule has 2 aromatic rings. The summed E-state index contributed by atoms with van der Waals surface area (Å²) in [5.74, 6) is -0.163. The number of alkyl halides is 1. The molecule has 0 fully saturated rings. The van der Waals surface area contributed by atoms with Crippen LogP contribution < -0.4 is 16.1 Å². The average Bonchev–Trinajstić information content (AvgIpc) is 2.28. The molecule has 18 heavy (non-hydrogen) atoms. The van der Waals surface area contributed by atoms with E-state index in [4.69, 9.17) is 4.42 Å². The molecule has 0 saturated heterocycles. The maximum absolute atomic E-state index is 12.3. The fourth-order valence-electron chi connectivity index (χ4n) is 1.76. The standard InChI is InChI=1S/C11H11FN2O4/c1-2-3-6-4-7(15)18-10-8(6)9(17-5-12)13-11(16)14-10/h4H,2-3,5H2,1H3,(H,13,14,16). The van der Waals surface area contributed by atoms with Crippen LogP contribution in [0.3, 0.4) is 0 Å². The third-order valence-corrected chi connectivity index (χ3v) is 2.39. The number of aromatic amines is 1. The lowest BCUT2D eigenvalue weighted by Gasteiger charge is -2.07. The molecule has 0 atom stereocenters. The zero-order valence-corrected chi connectivity index (χ0v) is 9.66. The van der Waals surface area contributed by atoms with Gasteiger partial charge in [0.25, 0.3) is 0 Å². The Bertz CT molecular complexity index is 622. The van der Waals surface area contributed by atoms with Crippen molar-refractivity contribution < 1.29 is 13.5 Å². The van der Waals surface area contributed by atoms with Crippen LogP contribution in [0, 0.1) is 0 Å². The van der Waals surface area contributed by atoms with Crippen LogP contribution in [0.25, 0.3) is 11.1 Å². The zero-order valence-electron chi connectivity index (χ0n) is 9.66. The Morgan fingerprint density at radius 2 is 2.28 bits per heavy atom. The maximum Gasteiger partial charge on any atom is 0.351 e. The Hall–Kier alpha value is -2.18. The highest BCUT2D eigenvalue weighted by Crippen LogP contribution is 2.24. The van der Waals surface area contributed by atoms with E-state index in [9.17, 15) is 14.0 Å². The molecule has 0 bridgehead atoms. The molecule has 0 radical (unpaired) electrons. The van der Waals surface area contributed by atoms with Crippen molar-refractivity contribution in [3.8, 4) is 5.88 Å². The smallest absolute Gasteiger partial charge is 0.351 e. The lowest BCUT2D eigenvalue weighted by molar-refractivity contribution is 0.186. The first-order valence-corrected chi connectivity index (χ1v) is 5.41. The molecule has 6 nitrogen and oxygen atoms in total. The maximum atomic E-state index is 12.3. The molecule has 0 unspecified atom stereocenters. The predicted octanol–water partition coefficient (Wildman–Crippen LogP) is 1.13. The van der Waals surface area contributed by atoms with E-state index >= 15 is 0 Å². The van der Waals surface area contributed by atoms with Crippen molar-refractivity contribution in [2.24, 2.45) is 0 Å². The van der Waals surface area contributed by atoms with Crippen LogP contribution in [0.4, 0.5) is 4.39 Å². The van der Waals surface area contributed by atoms with Gasteiger partial charge in [0.05, 0.1) is 0 Å². The Morgan fingerprint density at radius 1 is 1.50 bits per heavy atom. The number of fused-ring (bicyclic) bond motifs is 1. The van der Waals surface area contributed by atoms with Gasteiger partial charge in [-0.2, -0.15) is 4.98 Å². The number of aromatic nitrogens is 2. The van der Waals surface area contributed by atoms with Gasteiger partial charge in [-0.3, -0.25) is 4.98 Å². The van der Waals surface area contributed by atoms with Crippen molar-refractivity contribution in [2.45, 2.75) is 19.8 Å². The Labute approximate surface area is 100 Å². The van der Waals surface area contributed by atoms with E-state index in [1.807, 2.05) is 6.92 Å². The van der Waals surface area contributed by atoms with E-state index < -0.39 is 18.2 Å². The largest absolute Gasteiger partial charge is 0.445 e. The summed E-state index contributed by atoms with van der Waals surface area (Å²) < 4.78 is 21.8. The normalized spacial score (nSPS) is 10.8. The monoisotopic (exact) mass is 254 g/mol. The summed E-state index contributed by atoms with van der Waals surface area (Å²) >= 11 is 0. The minimum absolute atomic E-state index is 0.0469. The van der Waals surface area contributed by atoms with Crippen LogP contribution in [0.5, 0.6) is 5.88 Å². The lowest BCUT2D eigenvalue weighted by Crippen LogP contribution is -2.15. The van der Waals surface area contributed by atoms with Gasteiger partial charge in [-0.25, -0.2) is 14.0 Å². The summed E-state index contributed by atoms with van der Waals surface area (Å²) in [6.07, 6.45) is 1.34. The molecule has 0 aliphatic heterocycles. The molecule has 0 aliphatic rings.